The molecule has 0 spiro atoms. The third-order valence-electron chi connectivity index (χ3n) is 5.22. The molecule has 0 bridgehead atoms. The van der Waals surface area contributed by atoms with Crippen molar-refractivity contribution in [3.8, 4) is 5.75 Å². The van der Waals surface area contributed by atoms with E-state index in [9.17, 15) is 9.59 Å². The first kappa shape index (κ1) is 23.4. The van der Waals surface area contributed by atoms with E-state index in [1.54, 1.807) is 42.6 Å². The molecule has 2 amide bonds. The summed E-state index contributed by atoms with van der Waals surface area (Å²) in [6.07, 6.45) is 1.54. The number of benzene rings is 4. The summed E-state index contributed by atoms with van der Waals surface area (Å²) in [6, 6.07) is 31.3. The van der Waals surface area contributed by atoms with Crippen molar-refractivity contribution in [1.29, 1.82) is 0 Å². The Morgan fingerprint density at radius 1 is 0.800 bits per heavy atom. The Labute approximate surface area is 204 Å². The molecule has 0 aliphatic heterocycles. The molecule has 0 atom stereocenters. The maximum absolute atomic E-state index is 12.6. The standard InChI is InChI=1S/C29H25N3O3/c1-21-14-16-23(17-15-21)28(33)31-26-12-7-11-24(18-26)29(34)32-30-19-25-10-5-6-13-27(25)35-20-22-8-3-2-4-9-22/h2-19H,20H2,1H3,(H,31,33)(H,32,34). The molecule has 35 heavy (non-hydrogen) atoms. The van der Waals surface area contributed by atoms with Crippen LogP contribution in [0.25, 0.3) is 0 Å². The first-order valence-corrected chi connectivity index (χ1v) is 11.2. The van der Waals surface area contributed by atoms with Crippen molar-refractivity contribution in [2.75, 3.05) is 5.32 Å². The van der Waals surface area contributed by atoms with Gasteiger partial charge in [0.2, 0.25) is 0 Å². The summed E-state index contributed by atoms with van der Waals surface area (Å²) in [5.74, 6) is 0.0261. The van der Waals surface area contributed by atoms with Crippen LogP contribution in [0.2, 0.25) is 0 Å². The molecule has 4 aromatic rings. The van der Waals surface area contributed by atoms with Gasteiger partial charge in [0.1, 0.15) is 12.4 Å². The van der Waals surface area contributed by atoms with Gasteiger partial charge in [-0.1, -0.05) is 66.2 Å². The lowest BCUT2D eigenvalue weighted by Crippen LogP contribution is -2.18. The van der Waals surface area contributed by atoms with Crippen LogP contribution in [-0.4, -0.2) is 18.0 Å². The number of hydrogen-bond acceptors (Lipinski definition) is 4. The molecule has 6 heteroatoms. The topological polar surface area (TPSA) is 79.8 Å². The van der Waals surface area contributed by atoms with Crippen LogP contribution < -0.4 is 15.5 Å². The largest absolute Gasteiger partial charge is 0.488 e. The highest BCUT2D eigenvalue weighted by atomic mass is 16.5. The van der Waals surface area contributed by atoms with Crippen LogP contribution in [0.15, 0.2) is 108 Å². The number of ether oxygens (including phenoxy) is 1. The zero-order valence-electron chi connectivity index (χ0n) is 19.3. The molecule has 174 valence electrons. The number of amides is 2. The van der Waals surface area contributed by atoms with Gasteiger partial charge < -0.3 is 10.1 Å². The quantitative estimate of drug-likeness (QED) is 0.264. The zero-order valence-corrected chi connectivity index (χ0v) is 19.3. The molecule has 4 rings (SSSR count). The number of aryl methyl sites for hydroxylation is 1. The molecule has 4 aromatic carbocycles. The number of nitrogens with one attached hydrogen (secondary N) is 2. The molecular formula is C29H25N3O3. The minimum atomic E-state index is -0.393. The Morgan fingerprint density at radius 2 is 1.54 bits per heavy atom. The van der Waals surface area contributed by atoms with Crippen LogP contribution in [0, 0.1) is 6.92 Å². The van der Waals surface area contributed by atoms with Crippen LogP contribution in [-0.2, 0) is 6.61 Å². The summed E-state index contributed by atoms with van der Waals surface area (Å²) in [6.45, 7) is 2.39. The average molecular weight is 464 g/mol. The van der Waals surface area contributed by atoms with Gasteiger partial charge in [-0.15, -0.1) is 0 Å². The molecule has 6 nitrogen and oxygen atoms in total. The van der Waals surface area contributed by atoms with E-state index >= 15 is 0 Å². The van der Waals surface area contributed by atoms with Crippen molar-refractivity contribution in [3.05, 3.63) is 131 Å². The highest BCUT2D eigenvalue weighted by Crippen LogP contribution is 2.18. The number of hydrogen-bond donors (Lipinski definition) is 2. The summed E-state index contributed by atoms with van der Waals surface area (Å²) >= 11 is 0. The highest BCUT2D eigenvalue weighted by molar-refractivity contribution is 6.05. The normalized spacial score (nSPS) is 10.7. The van der Waals surface area contributed by atoms with Crippen molar-refractivity contribution < 1.29 is 14.3 Å². The van der Waals surface area contributed by atoms with Gasteiger partial charge in [-0.05, 0) is 55.0 Å². The molecule has 0 aliphatic rings. The summed E-state index contributed by atoms with van der Waals surface area (Å²) in [5, 5.41) is 6.90. The highest BCUT2D eigenvalue weighted by Gasteiger charge is 2.09. The summed E-state index contributed by atoms with van der Waals surface area (Å²) in [7, 11) is 0. The van der Waals surface area contributed by atoms with Gasteiger partial charge in [0, 0.05) is 22.4 Å². The molecule has 0 aliphatic carbocycles. The van der Waals surface area contributed by atoms with E-state index in [0.717, 1.165) is 16.7 Å². The average Bonchev–Trinajstić information content (AvgIpc) is 2.89. The van der Waals surface area contributed by atoms with Gasteiger partial charge in [-0.25, -0.2) is 5.43 Å². The number of carbonyl (C=O) groups excluding carboxylic acids is 2. The minimum absolute atomic E-state index is 0.243. The van der Waals surface area contributed by atoms with Gasteiger partial charge >= 0.3 is 0 Å². The van der Waals surface area contributed by atoms with Crippen molar-refractivity contribution in [3.63, 3.8) is 0 Å². The Hall–Kier alpha value is -4.71. The Morgan fingerprint density at radius 3 is 2.34 bits per heavy atom. The van der Waals surface area contributed by atoms with Gasteiger partial charge in [0.05, 0.1) is 6.21 Å². The second kappa shape index (κ2) is 11.4. The lowest BCUT2D eigenvalue weighted by molar-refractivity contribution is 0.0953. The van der Waals surface area contributed by atoms with E-state index in [-0.39, 0.29) is 5.91 Å². The second-order valence-electron chi connectivity index (χ2n) is 7.91. The molecular weight excluding hydrogens is 438 g/mol. The number of para-hydroxylation sites is 1. The fourth-order valence-electron chi connectivity index (χ4n) is 3.33. The second-order valence-corrected chi connectivity index (χ2v) is 7.91. The number of nitrogens with zero attached hydrogens (tertiary/aromatic N) is 1. The monoisotopic (exact) mass is 463 g/mol. The summed E-state index contributed by atoms with van der Waals surface area (Å²) in [4.78, 5) is 25.1. The predicted octanol–water partition coefficient (Wildman–Crippen LogP) is 5.59. The third kappa shape index (κ3) is 6.65. The van der Waals surface area contributed by atoms with Crippen LogP contribution in [0.5, 0.6) is 5.75 Å². The molecule has 0 heterocycles. The third-order valence-corrected chi connectivity index (χ3v) is 5.22. The van der Waals surface area contributed by atoms with Crippen molar-refractivity contribution in [2.45, 2.75) is 13.5 Å². The van der Waals surface area contributed by atoms with E-state index < -0.39 is 5.91 Å². The molecule has 0 fully saturated rings. The number of hydrazone groups is 1. The van der Waals surface area contributed by atoms with Crippen LogP contribution in [0.1, 0.15) is 37.4 Å². The Bertz CT molecular complexity index is 1330. The van der Waals surface area contributed by atoms with Crippen LogP contribution in [0.3, 0.4) is 0 Å². The van der Waals surface area contributed by atoms with Gasteiger partial charge in [0.15, 0.2) is 0 Å². The Balaban J connectivity index is 1.37. The lowest BCUT2D eigenvalue weighted by atomic mass is 10.1. The van der Waals surface area contributed by atoms with Crippen LogP contribution >= 0.6 is 0 Å². The first-order valence-electron chi connectivity index (χ1n) is 11.2. The van der Waals surface area contributed by atoms with Crippen molar-refractivity contribution in [2.24, 2.45) is 5.10 Å². The fourth-order valence-corrected chi connectivity index (χ4v) is 3.33. The maximum atomic E-state index is 12.6. The van der Waals surface area contributed by atoms with Crippen molar-refractivity contribution >= 4 is 23.7 Å². The van der Waals surface area contributed by atoms with E-state index in [4.69, 9.17) is 4.74 Å². The Kier molecular flexibility index (Phi) is 7.66. The molecule has 0 saturated heterocycles. The van der Waals surface area contributed by atoms with Gasteiger partial charge in [0.25, 0.3) is 11.8 Å². The van der Waals surface area contributed by atoms with E-state index in [0.29, 0.717) is 29.2 Å². The minimum Gasteiger partial charge on any atom is -0.488 e. The van der Waals surface area contributed by atoms with E-state index in [1.165, 1.54) is 0 Å². The summed E-state index contributed by atoms with van der Waals surface area (Å²) in [5.41, 5.74) is 6.84. The number of carbonyl (C=O) groups is 2. The smallest absolute Gasteiger partial charge is 0.271 e. The predicted molar refractivity (Wildman–Crippen MR) is 138 cm³/mol. The SMILES string of the molecule is Cc1ccc(C(=O)Nc2cccc(C(=O)NN=Cc3ccccc3OCc3ccccc3)c2)cc1. The maximum Gasteiger partial charge on any atom is 0.271 e. The zero-order chi connectivity index (χ0) is 24.5. The van der Waals surface area contributed by atoms with E-state index in [2.05, 4.69) is 15.8 Å². The molecule has 0 radical (unpaired) electrons. The number of anilines is 1. The lowest BCUT2D eigenvalue weighted by Gasteiger charge is -2.09. The summed E-state index contributed by atoms with van der Waals surface area (Å²) < 4.78 is 5.92. The van der Waals surface area contributed by atoms with Gasteiger partial charge in [-0.3, -0.25) is 9.59 Å². The molecule has 0 unspecified atom stereocenters. The number of rotatable bonds is 8. The molecule has 0 aromatic heterocycles. The van der Waals surface area contributed by atoms with Crippen molar-refractivity contribution in [1.82, 2.24) is 5.43 Å². The van der Waals surface area contributed by atoms with E-state index in [1.807, 2.05) is 73.7 Å². The molecule has 2 N–H and O–H groups in total. The van der Waals surface area contributed by atoms with Gasteiger partial charge in [-0.2, -0.15) is 5.10 Å². The van der Waals surface area contributed by atoms with Crippen LogP contribution in [0.4, 0.5) is 5.69 Å². The first-order chi connectivity index (χ1) is 17.1. The molecule has 0 saturated carbocycles. The fraction of sp³-hybridized carbons (Fsp3) is 0.0690.